The minimum Gasteiger partial charge on any atom is -0.379 e. The predicted molar refractivity (Wildman–Crippen MR) is 86.2 cm³/mol. The van der Waals surface area contributed by atoms with Gasteiger partial charge in [-0.2, -0.15) is 0 Å². The summed E-state index contributed by atoms with van der Waals surface area (Å²) in [5.41, 5.74) is 9.30. The van der Waals surface area contributed by atoms with Gasteiger partial charge in [0.15, 0.2) is 0 Å². The number of methoxy groups -OCH3 is 1. The average molecular weight is 288 g/mol. The third-order valence-corrected chi connectivity index (χ3v) is 5.55. The van der Waals surface area contributed by atoms with E-state index in [4.69, 9.17) is 10.5 Å². The molecule has 2 atom stereocenters. The van der Waals surface area contributed by atoms with Crippen molar-refractivity contribution in [2.75, 3.05) is 20.2 Å². The van der Waals surface area contributed by atoms with E-state index in [1.165, 1.54) is 43.2 Å². The molecule has 0 saturated heterocycles. The zero-order valence-electron chi connectivity index (χ0n) is 13.2. The Morgan fingerprint density at radius 3 is 2.81 bits per heavy atom. The van der Waals surface area contributed by atoms with E-state index in [0.717, 1.165) is 19.5 Å². The highest BCUT2D eigenvalue weighted by Crippen LogP contribution is 2.37. The molecule has 2 N–H and O–H groups in total. The fourth-order valence-corrected chi connectivity index (χ4v) is 4.33. The first-order valence-corrected chi connectivity index (χ1v) is 8.35. The number of aryl methyl sites for hydroxylation is 1. The van der Waals surface area contributed by atoms with Crippen molar-refractivity contribution in [2.24, 2.45) is 5.73 Å². The van der Waals surface area contributed by atoms with Crippen LogP contribution in [0.25, 0.3) is 0 Å². The van der Waals surface area contributed by atoms with Crippen molar-refractivity contribution in [3.05, 3.63) is 35.4 Å². The van der Waals surface area contributed by atoms with Gasteiger partial charge in [0.05, 0.1) is 11.6 Å². The van der Waals surface area contributed by atoms with Crippen molar-refractivity contribution < 1.29 is 4.74 Å². The molecular formula is C18H28N2O. The van der Waals surface area contributed by atoms with Gasteiger partial charge in [0.1, 0.15) is 0 Å². The van der Waals surface area contributed by atoms with Crippen LogP contribution in [0, 0.1) is 0 Å². The third-order valence-electron chi connectivity index (χ3n) is 5.55. The number of rotatable bonds is 3. The van der Waals surface area contributed by atoms with Gasteiger partial charge in [-0.3, -0.25) is 4.90 Å². The Morgan fingerprint density at radius 1 is 1.24 bits per heavy atom. The van der Waals surface area contributed by atoms with Gasteiger partial charge in [0.2, 0.25) is 0 Å². The smallest absolute Gasteiger partial charge is 0.0767 e. The fourth-order valence-electron chi connectivity index (χ4n) is 4.33. The number of nitrogens with zero attached hydrogens (tertiary/aromatic N) is 1. The molecule has 3 heteroatoms. The molecule has 3 nitrogen and oxygen atoms in total. The second kappa shape index (κ2) is 6.47. The molecule has 1 aromatic carbocycles. The summed E-state index contributed by atoms with van der Waals surface area (Å²) >= 11 is 0. The average Bonchev–Trinajstić information content (AvgIpc) is 2.77. The lowest BCUT2D eigenvalue weighted by Crippen LogP contribution is -2.62. The van der Waals surface area contributed by atoms with E-state index in [2.05, 4.69) is 29.2 Å². The number of nitrogens with two attached hydrogens (primary N) is 1. The monoisotopic (exact) mass is 288 g/mol. The van der Waals surface area contributed by atoms with Crippen molar-refractivity contribution in [1.29, 1.82) is 0 Å². The predicted octanol–water partition coefficient (Wildman–Crippen LogP) is 2.72. The van der Waals surface area contributed by atoms with Crippen molar-refractivity contribution in [3.63, 3.8) is 0 Å². The van der Waals surface area contributed by atoms with Gasteiger partial charge in [-0.05, 0) is 43.4 Å². The Balaban J connectivity index is 1.90. The Bertz CT molecular complexity index is 476. The molecule has 1 aliphatic carbocycles. The van der Waals surface area contributed by atoms with Crippen LogP contribution in [0.3, 0.4) is 0 Å². The molecular weight excluding hydrogens is 260 g/mol. The maximum atomic E-state index is 6.28. The summed E-state index contributed by atoms with van der Waals surface area (Å²) in [5, 5.41) is 0. The summed E-state index contributed by atoms with van der Waals surface area (Å²) < 4.78 is 5.86. The summed E-state index contributed by atoms with van der Waals surface area (Å²) in [4.78, 5) is 2.63. The van der Waals surface area contributed by atoms with E-state index in [-0.39, 0.29) is 11.6 Å². The molecule has 2 unspecified atom stereocenters. The molecule has 0 spiro atoms. The van der Waals surface area contributed by atoms with Crippen molar-refractivity contribution in [2.45, 2.75) is 56.7 Å². The second-order valence-electron chi connectivity index (χ2n) is 6.57. The summed E-state index contributed by atoms with van der Waals surface area (Å²) in [6, 6.07) is 8.88. The van der Waals surface area contributed by atoms with Gasteiger partial charge >= 0.3 is 0 Å². The second-order valence-corrected chi connectivity index (χ2v) is 6.57. The quantitative estimate of drug-likeness (QED) is 0.929. The first-order valence-electron chi connectivity index (χ1n) is 8.35. The van der Waals surface area contributed by atoms with Gasteiger partial charge in [-0.1, -0.05) is 37.1 Å². The van der Waals surface area contributed by atoms with E-state index >= 15 is 0 Å². The van der Waals surface area contributed by atoms with Crippen LogP contribution in [0.1, 0.15) is 43.2 Å². The van der Waals surface area contributed by atoms with E-state index in [0.29, 0.717) is 6.54 Å². The summed E-state index contributed by atoms with van der Waals surface area (Å²) in [7, 11) is 1.85. The summed E-state index contributed by atoms with van der Waals surface area (Å²) in [6.07, 6.45) is 7.54. The standard InChI is InChI=1S/C18H28N2O/c1-21-17-10-4-5-11-18(17,14-19)20-12-6-9-15-7-2-3-8-16(15)13-20/h2-3,7-8,17H,4-6,9-14,19H2,1H3. The fraction of sp³-hybridized carbons (Fsp3) is 0.667. The maximum absolute atomic E-state index is 6.28. The zero-order valence-corrected chi connectivity index (χ0v) is 13.2. The molecule has 0 radical (unpaired) electrons. The van der Waals surface area contributed by atoms with Crippen LogP contribution in [0.15, 0.2) is 24.3 Å². The molecule has 1 aromatic rings. The molecule has 1 fully saturated rings. The van der Waals surface area contributed by atoms with Crippen LogP contribution in [-0.2, 0) is 17.7 Å². The highest BCUT2D eigenvalue weighted by atomic mass is 16.5. The van der Waals surface area contributed by atoms with Gasteiger partial charge in [0, 0.05) is 20.2 Å². The molecule has 3 rings (SSSR count). The maximum Gasteiger partial charge on any atom is 0.0767 e. The van der Waals surface area contributed by atoms with Crippen LogP contribution in [0.4, 0.5) is 0 Å². The molecule has 1 heterocycles. The number of ether oxygens (including phenoxy) is 1. The molecule has 0 bridgehead atoms. The lowest BCUT2D eigenvalue weighted by atomic mass is 9.77. The van der Waals surface area contributed by atoms with Crippen LogP contribution in [0.5, 0.6) is 0 Å². The zero-order chi connectivity index (χ0) is 14.7. The first-order chi connectivity index (χ1) is 10.3. The molecule has 0 amide bonds. The van der Waals surface area contributed by atoms with E-state index in [1.807, 2.05) is 7.11 Å². The normalized spacial score (nSPS) is 30.7. The molecule has 1 aliphatic heterocycles. The van der Waals surface area contributed by atoms with Gasteiger partial charge in [0.25, 0.3) is 0 Å². The Hall–Kier alpha value is -0.900. The van der Waals surface area contributed by atoms with Crippen LogP contribution >= 0.6 is 0 Å². The number of fused-ring (bicyclic) bond motifs is 1. The summed E-state index contributed by atoms with van der Waals surface area (Å²) in [6.45, 7) is 2.85. The number of hydrogen-bond acceptors (Lipinski definition) is 3. The highest BCUT2D eigenvalue weighted by molar-refractivity contribution is 5.28. The van der Waals surface area contributed by atoms with Crippen molar-refractivity contribution in [1.82, 2.24) is 4.90 Å². The molecule has 0 aromatic heterocycles. The van der Waals surface area contributed by atoms with Crippen LogP contribution < -0.4 is 5.73 Å². The van der Waals surface area contributed by atoms with E-state index in [9.17, 15) is 0 Å². The van der Waals surface area contributed by atoms with Gasteiger partial charge < -0.3 is 10.5 Å². The SMILES string of the molecule is COC1CCCCC1(CN)N1CCCc2ccccc2C1. The topological polar surface area (TPSA) is 38.5 Å². The van der Waals surface area contributed by atoms with E-state index in [1.54, 1.807) is 0 Å². The first kappa shape index (κ1) is 15.0. The Morgan fingerprint density at radius 2 is 2.05 bits per heavy atom. The molecule has 116 valence electrons. The largest absolute Gasteiger partial charge is 0.379 e. The van der Waals surface area contributed by atoms with Gasteiger partial charge in [-0.25, -0.2) is 0 Å². The number of benzene rings is 1. The minimum absolute atomic E-state index is 0.0322. The number of hydrogen-bond donors (Lipinski definition) is 1. The molecule has 1 saturated carbocycles. The lowest BCUT2D eigenvalue weighted by molar-refractivity contribution is -0.0787. The Kier molecular flexibility index (Phi) is 4.63. The van der Waals surface area contributed by atoms with Crippen LogP contribution in [-0.4, -0.2) is 36.7 Å². The minimum atomic E-state index is 0.0322. The van der Waals surface area contributed by atoms with Gasteiger partial charge in [-0.15, -0.1) is 0 Å². The Labute approximate surface area is 128 Å². The molecule has 21 heavy (non-hydrogen) atoms. The third kappa shape index (κ3) is 2.75. The highest BCUT2D eigenvalue weighted by Gasteiger charge is 2.45. The van der Waals surface area contributed by atoms with Crippen molar-refractivity contribution >= 4 is 0 Å². The van der Waals surface area contributed by atoms with E-state index < -0.39 is 0 Å². The lowest BCUT2D eigenvalue weighted by Gasteiger charge is -2.50. The molecule has 2 aliphatic rings. The summed E-state index contributed by atoms with van der Waals surface area (Å²) in [5.74, 6) is 0. The van der Waals surface area contributed by atoms with Crippen molar-refractivity contribution in [3.8, 4) is 0 Å². The van der Waals surface area contributed by atoms with Crippen LogP contribution in [0.2, 0.25) is 0 Å².